The summed E-state index contributed by atoms with van der Waals surface area (Å²) in [4.78, 5) is 30.2. The molecule has 1 rings (SSSR count). The lowest BCUT2D eigenvalue weighted by Crippen LogP contribution is -2.15. The Morgan fingerprint density at radius 2 is 1.26 bits per heavy atom. The zero-order valence-electron chi connectivity index (χ0n) is 12.0. The molecule has 0 unspecified atom stereocenters. The molecule has 0 radical (unpaired) electrons. The minimum absolute atomic E-state index is 0.190. The van der Waals surface area contributed by atoms with E-state index in [1.807, 2.05) is 0 Å². The molecule has 0 bridgehead atoms. The van der Waals surface area contributed by atoms with Gasteiger partial charge in [0.25, 0.3) is 0 Å². The van der Waals surface area contributed by atoms with Crippen molar-refractivity contribution >= 4 is 17.9 Å². The lowest BCUT2D eigenvalue weighted by atomic mass is 10.1. The Labute approximate surface area is 131 Å². The van der Waals surface area contributed by atoms with Crippen LogP contribution in [-0.4, -0.2) is 67.9 Å². The number of carboxylic acid groups (broad SMARTS) is 3. The minimum atomic E-state index is -1.23. The molecule has 0 aromatic heterocycles. The largest absolute Gasteiger partial charge is 0.478 e. The van der Waals surface area contributed by atoms with Gasteiger partial charge in [-0.2, -0.15) is 0 Å². The van der Waals surface area contributed by atoms with Gasteiger partial charge in [-0.05, 0) is 12.1 Å². The Morgan fingerprint density at radius 3 is 1.39 bits per heavy atom. The van der Waals surface area contributed by atoms with Gasteiger partial charge in [0.2, 0.25) is 0 Å². The molecule has 23 heavy (non-hydrogen) atoms. The van der Waals surface area contributed by atoms with Gasteiger partial charge in [-0.25, -0.2) is 14.4 Å². The summed E-state index contributed by atoms with van der Waals surface area (Å²) in [7, 11) is 0. The third-order valence-electron chi connectivity index (χ3n) is 1.98. The average molecular weight is 330 g/mol. The van der Waals surface area contributed by atoms with Gasteiger partial charge in [-0.3, -0.25) is 0 Å². The fourth-order valence-electron chi connectivity index (χ4n) is 0.914. The molecule has 0 fully saturated rings. The lowest BCUT2D eigenvalue weighted by Gasteiger charge is -1.98. The van der Waals surface area contributed by atoms with Crippen LogP contribution in [0.5, 0.6) is 0 Å². The zero-order chi connectivity index (χ0) is 18.4. The van der Waals surface area contributed by atoms with Gasteiger partial charge in [0, 0.05) is 6.08 Å². The zero-order valence-corrected chi connectivity index (χ0v) is 12.0. The molecule has 0 saturated heterocycles. The number of aliphatic hydroxyl groups excluding tert-OH is 3. The fraction of sp³-hybridized carbons (Fsp3) is 0.214. The summed E-state index contributed by atoms with van der Waals surface area (Å²) < 4.78 is 0. The van der Waals surface area contributed by atoms with Crippen molar-refractivity contribution in [2.24, 2.45) is 0 Å². The number of hydrogen-bond donors (Lipinski definition) is 6. The molecule has 1 aromatic carbocycles. The first-order valence-electron chi connectivity index (χ1n) is 6.01. The van der Waals surface area contributed by atoms with Gasteiger partial charge >= 0.3 is 17.9 Å². The number of rotatable bonds is 5. The van der Waals surface area contributed by atoms with Crippen molar-refractivity contribution in [2.75, 3.05) is 13.2 Å². The molecule has 0 amide bonds. The van der Waals surface area contributed by atoms with Crippen molar-refractivity contribution in [1.82, 2.24) is 0 Å². The number of carbonyl (C=O) groups is 3. The van der Waals surface area contributed by atoms with E-state index >= 15 is 0 Å². The van der Waals surface area contributed by atoms with E-state index in [1.165, 1.54) is 24.3 Å². The van der Waals surface area contributed by atoms with Crippen LogP contribution >= 0.6 is 0 Å². The van der Waals surface area contributed by atoms with Crippen molar-refractivity contribution in [1.29, 1.82) is 0 Å². The predicted molar refractivity (Wildman–Crippen MR) is 78.4 cm³/mol. The van der Waals surface area contributed by atoms with E-state index < -0.39 is 24.0 Å². The molecule has 9 nitrogen and oxygen atoms in total. The van der Waals surface area contributed by atoms with E-state index in [4.69, 9.17) is 30.6 Å². The topological polar surface area (TPSA) is 173 Å². The van der Waals surface area contributed by atoms with Gasteiger partial charge < -0.3 is 30.6 Å². The second-order valence-electron chi connectivity index (χ2n) is 3.72. The molecule has 0 atom stereocenters. The lowest BCUT2D eigenvalue weighted by molar-refractivity contribution is -0.131. The van der Waals surface area contributed by atoms with Crippen LogP contribution in [0.25, 0.3) is 0 Å². The highest BCUT2D eigenvalue weighted by Gasteiger charge is 2.13. The predicted octanol–water partition coefficient (Wildman–Crippen LogP) is -0.328. The third kappa shape index (κ3) is 11.6. The van der Waals surface area contributed by atoms with Gasteiger partial charge in [0.15, 0.2) is 0 Å². The highest BCUT2D eigenvalue weighted by Crippen LogP contribution is 2.07. The highest BCUT2D eigenvalue weighted by atomic mass is 16.4. The normalized spacial score (nSPS) is 8.87. The van der Waals surface area contributed by atoms with Crippen LogP contribution in [0.4, 0.5) is 0 Å². The Hall–Kier alpha value is -2.75. The van der Waals surface area contributed by atoms with E-state index in [9.17, 15) is 14.4 Å². The van der Waals surface area contributed by atoms with E-state index in [0.29, 0.717) is 0 Å². The van der Waals surface area contributed by atoms with Gasteiger partial charge in [0.1, 0.15) is 6.10 Å². The van der Waals surface area contributed by atoms with Crippen molar-refractivity contribution in [3.05, 3.63) is 48.0 Å². The summed E-state index contributed by atoms with van der Waals surface area (Å²) in [6, 6.07) is 5.48. The number of aliphatic hydroxyl groups is 3. The molecule has 6 N–H and O–H groups in total. The standard InChI is InChI=1S/C8H6O4.C3H8O3.C3H4O2/c9-7(10)5-3-1-2-4-6(5)8(11)12;4-1-3(6)2-5;1-2-3(4)5/h1-4H,(H,9,10)(H,11,12);3-6H,1-2H2;2H,1H2,(H,4,5). The van der Waals surface area contributed by atoms with E-state index in [0.717, 1.165) is 6.08 Å². The molecule has 0 aliphatic rings. The molecule has 128 valence electrons. The number of hydrogen-bond acceptors (Lipinski definition) is 6. The van der Waals surface area contributed by atoms with E-state index in [2.05, 4.69) is 6.58 Å². The Balaban J connectivity index is 0. The Kier molecular flexibility index (Phi) is 12.7. The third-order valence-corrected chi connectivity index (χ3v) is 1.98. The smallest absolute Gasteiger partial charge is 0.336 e. The van der Waals surface area contributed by atoms with Crippen molar-refractivity contribution < 1.29 is 45.0 Å². The number of aliphatic carboxylic acids is 1. The van der Waals surface area contributed by atoms with Crippen LogP contribution < -0.4 is 0 Å². The van der Waals surface area contributed by atoms with Crippen molar-refractivity contribution in [3.63, 3.8) is 0 Å². The fourth-order valence-corrected chi connectivity index (χ4v) is 0.914. The summed E-state index contributed by atoms with van der Waals surface area (Å²) in [6.07, 6.45) is -0.120. The summed E-state index contributed by atoms with van der Waals surface area (Å²) in [5.41, 5.74) is -0.380. The first-order chi connectivity index (χ1) is 10.7. The average Bonchev–Trinajstić information content (AvgIpc) is 2.54. The molecule has 9 heteroatoms. The quantitative estimate of drug-likeness (QED) is 0.395. The van der Waals surface area contributed by atoms with E-state index in [-0.39, 0.29) is 24.3 Å². The van der Waals surface area contributed by atoms with Gasteiger partial charge in [-0.15, -0.1) is 0 Å². The van der Waals surface area contributed by atoms with E-state index in [1.54, 1.807) is 0 Å². The summed E-state index contributed by atoms with van der Waals surface area (Å²) in [6.45, 7) is 2.23. The van der Waals surface area contributed by atoms with Crippen LogP contribution in [0.2, 0.25) is 0 Å². The molecular formula is C14H18O9. The molecular weight excluding hydrogens is 312 g/mol. The summed E-state index contributed by atoms with van der Waals surface area (Å²) >= 11 is 0. The maximum absolute atomic E-state index is 10.5. The Bertz CT molecular complexity index is 488. The van der Waals surface area contributed by atoms with Crippen LogP contribution in [0, 0.1) is 0 Å². The maximum Gasteiger partial charge on any atom is 0.336 e. The van der Waals surface area contributed by atoms with Crippen LogP contribution in [0.3, 0.4) is 0 Å². The summed E-state index contributed by atoms with van der Waals surface area (Å²) in [5, 5.41) is 48.7. The highest BCUT2D eigenvalue weighted by molar-refractivity contribution is 6.01. The molecule has 0 heterocycles. The second-order valence-corrected chi connectivity index (χ2v) is 3.72. The first-order valence-corrected chi connectivity index (χ1v) is 6.01. The SMILES string of the molecule is C=CC(=O)O.O=C(O)c1ccccc1C(=O)O.OCC(O)CO. The number of aromatic carboxylic acids is 2. The van der Waals surface area contributed by atoms with Crippen LogP contribution in [-0.2, 0) is 4.79 Å². The molecule has 0 spiro atoms. The number of carboxylic acids is 3. The molecule has 1 aromatic rings. The molecule has 0 aliphatic carbocycles. The number of benzene rings is 1. The molecule has 0 aliphatic heterocycles. The molecule has 0 saturated carbocycles. The van der Waals surface area contributed by atoms with Gasteiger partial charge in [-0.1, -0.05) is 18.7 Å². The first kappa shape index (κ1) is 22.5. The monoisotopic (exact) mass is 330 g/mol. The summed E-state index contributed by atoms with van der Waals surface area (Å²) in [5.74, 6) is -3.44. The second kappa shape index (κ2) is 13.0. The minimum Gasteiger partial charge on any atom is -0.478 e. The van der Waals surface area contributed by atoms with Crippen molar-refractivity contribution in [3.8, 4) is 0 Å². The maximum atomic E-state index is 10.5. The van der Waals surface area contributed by atoms with Crippen LogP contribution in [0.1, 0.15) is 20.7 Å². The van der Waals surface area contributed by atoms with Gasteiger partial charge in [0.05, 0.1) is 24.3 Å². The Morgan fingerprint density at radius 1 is 0.957 bits per heavy atom. The van der Waals surface area contributed by atoms with Crippen LogP contribution in [0.15, 0.2) is 36.9 Å². The van der Waals surface area contributed by atoms with Crippen molar-refractivity contribution in [2.45, 2.75) is 6.10 Å².